The number of hydrogen-bond acceptors (Lipinski definition) is 6. The fraction of sp³-hybridized carbons (Fsp3) is 0.458. The fourth-order valence-electron chi connectivity index (χ4n) is 4.57. The standard InChI is InChI=1S/C24H27NO6/c1-12-15(4)30-21-14(3)22-19(10-18(12)21)13(2)17(24(29)31-22)7-8-20(26)25-9-5-6-16(11-25)23(27)28/h10,16H,5-9,11H2,1-4H3,(H,27,28)/p-1/t16-/m0/s1. The van der Waals surface area contributed by atoms with Crippen molar-refractivity contribution in [1.29, 1.82) is 0 Å². The number of rotatable bonds is 4. The van der Waals surface area contributed by atoms with E-state index >= 15 is 0 Å². The van der Waals surface area contributed by atoms with E-state index in [1.165, 1.54) is 0 Å². The third-order valence-corrected chi connectivity index (χ3v) is 6.64. The van der Waals surface area contributed by atoms with Gasteiger partial charge in [0.05, 0.1) is 0 Å². The Hall–Kier alpha value is -3.09. The number of amides is 1. The molecule has 1 aromatic carbocycles. The highest BCUT2D eigenvalue weighted by molar-refractivity contribution is 6.00. The lowest BCUT2D eigenvalue weighted by Gasteiger charge is -2.33. The molecule has 3 aromatic rings. The molecule has 0 N–H and O–H groups in total. The number of likely N-dealkylation sites (tertiary alicyclic amines) is 1. The van der Waals surface area contributed by atoms with Crippen LogP contribution in [0.2, 0.25) is 0 Å². The summed E-state index contributed by atoms with van der Waals surface area (Å²) in [5, 5.41) is 13.0. The molecule has 1 fully saturated rings. The quantitative estimate of drug-likeness (QED) is 0.597. The van der Waals surface area contributed by atoms with Crippen molar-refractivity contribution in [2.24, 2.45) is 5.92 Å². The van der Waals surface area contributed by atoms with Crippen LogP contribution in [0.25, 0.3) is 21.9 Å². The molecule has 0 aliphatic carbocycles. The molecule has 1 atom stereocenters. The summed E-state index contributed by atoms with van der Waals surface area (Å²) >= 11 is 0. The third kappa shape index (κ3) is 3.62. The number of hydrogen-bond donors (Lipinski definition) is 0. The van der Waals surface area contributed by atoms with Gasteiger partial charge in [-0.25, -0.2) is 4.79 Å². The summed E-state index contributed by atoms with van der Waals surface area (Å²) in [7, 11) is 0. The average molecular weight is 424 g/mol. The van der Waals surface area contributed by atoms with Crippen LogP contribution in [0.5, 0.6) is 0 Å². The van der Waals surface area contributed by atoms with Crippen LogP contribution in [0, 0.1) is 33.6 Å². The molecular formula is C24H26NO6-. The van der Waals surface area contributed by atoms with Gasteiger partial charge in [0.2, 0.25) is 5.91 Å². The van der Waals surface area contributed by atoms with Gasteiger partial charge in [-0.3, -0.25) is 4.79 Å². The summed E-state index contributed by atoms with van der Waals surface area (Å²) in [5.41, 5.74) is 3.89. The maximum Gasteiger partial charge on any atom is 0.339 e. The zero-order valence-electron chi connectivity index (χ0n) is 18.3. The number of aliphatic carboxylic acids is 1. The number of carbonyl (C=O) groups is 2. The molecule has 3 heterocycles. The van der Waals surface area contributed by atoms with E-state index in [1.54, 1.807) is 4.90 Å². The summed E-state index contributed by atoms with van der Waals surface area (Å²) < 4.78 is 11.5. The lowest BCUT2D eigenvalue weighted by molar-refractivity contribution is -0.312. The first-order chi connectivity index (χ1) is 14.7. The number of fused-ring (bicyclic) bond motifs is 2. The largest absolute Gasteiger partial charge is 0.550 e. The molecule has 0 saturated carbocycles. The third-order valence-electron chi connectivity index (χ3n) is 6.64. The molecule has 4 rings (SSSR count). The molecule has 0 radical (unpaired) electrons. The van der Waals surface area contributed by atoms with E-state index in [1.807, 2.05) is 33.8 Å². The van der Waals surface area contributed by atoms with Crippen molar-refractivity contribution in [2.45, 2.75) is 53.4 Å². The molecule has 2 aromatic heterocycles. The average Bonchev–Trinajstić information content (AvgIpc) is 3.03. The van der Waals surface area contributed by atoms with E-state index in [4.69, 9.17) is 8.83 Å². The van der Waals surface area contributed by atoms with E-state index in [9.17, 15) is 19.5 Å². The number of carbonyl (C=O) groups excluding carboxylic acids is 2. The van der Waals surface area contributed by atoms with Gasteiger partial charge in [0.15, 0.2) is 0 Å². The first kappa shape index (κ1) is 21.2. The first-order valence-corrected chi connectivity index (χ1v) is 10.6. The molecule has 31 heavy (non-hydrogen) atoms. The van der Waals surface area contributed by atoms with Crippen molar-refractivity contribution in [3.05, 3.63) is 44.5 Å². The minimum absolute atomic E-state index is 0.127. The summed E-state index contributed by atoms with van der Waals surface area (Å²) in [4.78, 5) is 38.1. The van der Waals surface area contributed by atoms with Crippen LogP contribution in [0.3, 0.4) is 0 Å². The highest BCUT2D eigenvalue weighted by Gasteiger charge is 2.25. The Morgan fingerprint density at radius 1 is 1.06 bits per heavy atom. The highest BCUT2D eigenvalue weighted by atomic mass is 16.4. The monoisotopic (exact) mass is 424 g/mol. The molecular weight excluding hydrogens is 398 g/mol. The second-order valence-corrected chi connectivity index (χ2v) is 8.53. The smallest absolute Gasteiger partial charge is 0.339 e. The number of benzene rings is 1. The first-order valence-electron chi connectivity index (χ1n) is 10.6. The molecule has 7 heteroatoms. The van der Waals surface area contributed by atoms with Crippen molar-refractivity contribution >= 4 is 33.8 Å². The number of carboxylic acid groups (broad SMARTS) is 1. The SMILES string of the molecule is Cc1oc2c(C)c3oc(=O)c(CCC(=O)N4CCC[C@H](C(=O)[O-])C4)c(C)c3cc2c1C. The summed E-state index contributed by atoms with van der Waals surface area (Å²) in [5.74, 6) is -1.07. The molecule has 1 aliphatic rings. The van der Waals surface area contributed by atoms with Crippen molar-refractivity contribution < 1.29 is 23.5 Å². The van der Waals surface area contributed by atoms with Crippen LogP contribution >= 0.6 is 0 Å². The topological polar surface area (TPSA) is 104 Å². The van der Waals surface area contributed by atoms with Crippen LogP contribution in [0.1, 0.15) is 47.3 Å². The predicted octanol–water partition coefficient (Wildman–Crippen LogP) is 2.69. The molecule has 0 bridgehead atoms. The van der Waals surface area contributed by atoms with Gasteiger partial charge in [-0.1, -0.05) is 0 Å². The van der Waals surface area contributed by atoms with Crippen LogP contribution in [-0.4, -0.2) is 29.9 Å². The van der Waals surface area contributed by atoms with E-state index in [0.29, 0.717) is 30.5 Å². The maximum absolute atomic E-state index is 12.7. The molecule has 0 unspecified atom stereocenters. The lowest BCUT2D eigenvalue weighted by atomic mass is 9.96. The molecule has 1 saturated heterocycles. The van der Waals surface area contributed by atoms with Crippen molar-refractivity contribution in [1.82, 2.24) is 4.90 Å². The van der Waals surface area contributed by atoms with Gasteiger partial charge < -0.3 is 23.6 Å². The maximum atomic E-state index is 12.7. The van der Waals surface area contributed by atoms with E-state index < -0.39 is 17.5 Å². The molecule has 1 amide bonds. The predicted molar refractivity (Wildman–Crippen MR) is 114 cm³/mol. The number of piperidine rings is 1. The highest BCUT2D eigenvalue weighted by Crippen LogP contribution is 2.34. The molecule has 0 spiro atoms. The number of nitrogens with zero attached hydrogens (tertiary/aromatic N) is 1. The zero-order chi connectivity index (χ0) is 22.4. The van der Waals surface area contributed by atoms with Crippen molar-refractivity contribution in [3.8, 4) is 0 Å². The Kier molecular flexibility index (Phi) is 5.37. The van der Waals surface area contributed by atoms with Crippen molar-refractivity contribution in [3.63, 3.8) is 0 Å². The van der Waals surface area contributed by atoms with Gasteiger partial charge in [0, 0.05) is 53.3 Å². The second-order valence-electron chi connectivity index (χ2n) is 8.53. The number of furan rings is 1. The zero-order valence-corrected chi connectivity index (χ0v) is 18.3. The van der Waals surface area contributed by atoms with Crippen LogP contribution in [-0.2, 0) is 16.0 Å². The van der Waals surface area contributed by atoms with Crippen LogP contribution in [0.4, 0.5) is 0 Å². The van der Waals surface area contributed by atoms with E-state index in [-0.39, 0.29) is 25.3 Å². The Balaban J connectivity index is 1.64. The van der Waals surface area contributed by atoms with Crippen LogP contribution in [0.15, 0.2) is 19.7 Å². The number of aryl methyl sites for hydroxylation is 4. The Bertz CT molecular complexity index is 1270. The summed E-state index contributed by atoms with van der Waals surface area (Å²) in [6.07, 6.45) is 1.54. The number of carboxylic acids is 1. The van der Waals surface area contributed by atoms with Gasteiger partial charge >= 0.3 is 5.63 Å². The van der Waals surface area contributed by atoms with Gasteiger partial charge in [-0.2, -0.15) is 0 Å². The van der Waals surface area contributed by atoms with Gasteiger partial charge in [0.25, 0.3) is 0 Å². The van der Waals surface area contributed by atoms with Crippen LogP contribution < -0.4 is 10.7 Å². The van der Waals surface area contributed by atoms with Crippen molar-refractivity contribution in [2.75, 3.05) is 13.1 Å². The molecule has 1 aliphatic heterocycles. The lowest BCUT2D eigenvalue weighted by Crippen LogP contribution is -2.46. The summed E-state index contributed by atoms with van der Waals surface area (Å²) in [6.45, 7) is 8.36. The van der Waals surface area contributed by atoms with Gasteiger partial charge in [-0.05, 0) is 64.2 Å². The second kappa shape index (κ2) is 7.87. The Labute approximate surface area is 179 Å². The minimum atomic E-state index is -1.12. The summed E-state index contributed by atoms with van der Waals surface area (Å²) in [6, 6.07) is 1.99. The molecule has 164 valence electrons. The van der Waals surface area contributed by atoms with Gasteiger partial charge in [-0.15, -0.1) is 0 Å². The molecule has 7 nitrogen and oxygen atoms in total. The van der Waals surface area contributed by atoms with E-state index in [2.05, 4.69) is 0 Å². The van der Waals surface area contributed by atoms with Gasteiger partial charge in [0.1, 0.15) is 16.9 Å². The Morgan fingerprint density at radius 2 is 1.74 bits per heavy atom. The van der Waals surface area contributed by atoms with E-state index in [0.717, 1.165) is 38.8 Å². The fourth-order valence-corrected chi connectivity index (χ4v) is 4.57. The normalized spacial score (nSPS) is 16.9. The Morgan fingerprint density at radius 3 is 2.45 bits per heavy atom. The minimum Gasteiger partial charge on any atom is -0.550 e.